The fourth-order valence-electron chi connectivity index (χ4n) is 19.1. The number of rotatable bonds is 10. The van der Waals surface area contributed by atoms with Gasteiger partial charge in [0.25, 0.3) is 0 Å². The Kier molecular flexibility index (Phi) is 16.2. The van der Waals surface area contributed by atoms with Crippen molar-refractivity contribution >= 4 is 130 Å². The number of benzene rings is 20. The Labute approximate surface area is 682 Å². The third kappa shape index (κ3) is 11.3. The number of hydrogen-bond acceptors (Lipinski definition) is 2. The highest BCUT2D eigenvalue weighted by Gasteiger charge is 2.24. The van der Waals surface area contributed by atoms with Gasteiger partial charge in [0.05, 0.1) is 33.1 Å². The van der Waals surface area contributed by atoms with Crippen LogP contribution in [-0.2, 0) is 0 Å². The van der Waals surface area contributed by atoms with Crippen LogP contribution in [0.3, 0.4) is 0 Å². The molecule has 0 amide bonds. The molecule has 0 atom stereocenters. The third-order valence-corrected chi connectivity index (χ3v) is 24.4. The zero-order valence-electron chi connectivity index (χ0n) is 64.4. The summed E-state index contributed by atoms with van der Waals surface area (Å²) in [6.45, 7) is 0. The summed E-state index contributed by atoms with van der Waals surface area (Å²) in [5.41, 5.74) is 28.5. The second kappa shape index (κ2) is 28.2. The predicted molar refractivity (Wildman–Crippen MR) is 501 cm³/mol. The van der Waals surface area contributed by atoms with E-state index in [0.717, 1.165) is 38.7 Å². The summed E-state index contributed by atoms with van der Waals surface area (Å²) >= 11 is 0. The lowest BCUT2D eigenvalue weighted by Crippen LogP contribution is -1.96. The van der Waals surface area contributed by atoms with Crippen molar-refractivity contribution in [2.45, 2.75) is 0 Å². The van der Waals surface area contributed by atoms with Crippen molar-refractivity contribution in [1.82, 2.24) is 19.1 Å². The van der Waals surface area contributed by atoms with Gasteiger partial charge < -0.3 is 9.13 Å². The molecule has 4 aromatic heterocycles. The molecule has 0 aliphatic rings. The molecule has 548 valence electrons. The summed E-state index contributed by atoms with van der Waals surface area (Å²) in [5.74, 6) is 0. The summed E-state index contributed by atoms with van der Waals surface area (Å²) in [6.07, 6.45) is 3.81. The van der Waals surface area contributed by atoms with E-state index in [1.165, 1.54) is 192 Å². The largest absolute Gasteiger partial charge is 0.309 e. The first kappa shape index (κ1) is 68.0. The number of nitrogens with zero attached hydrogens (tertiary/aromatic N) is 4. The minimum Gasteiger partial charge on any atom is -0.309 e. The molecule has 0 saturated carbocycles. The predicted octanol–water partition coefficient (Wildman–Crippen LogP) is 30.9. The molecule has 24 rings (SSSR count). The average molecular weight is 1500 g/mol. The van der Waals surface area contributed by atoms with Crippen molar-refractivity contribution in [1.29, 1.82) is 0 Å². The van der Waals surface area contributed by atoms with E-state index in [9.17, 15) is 0 Å². The van der Waals surface area contributed by atoms with Crippen molar-refractivity contribution in [3.05, 3.63) is 437 Å². The van der Waals surface area contributed by atoms with Gasteiger partial charge in [-0.2, -0.15) is 0 Å². The SMILES string of the molecule is c1ccc(-c2ccc(-c3c4ccccc4c(-c4ccc(-c5ccccc5)cc4)c4cc(-c5cc6ccccc6c6ncccc56)ccc34)cc2)cc1.c1ccc2c(c1)cc(-c1ccc3c(-c4ccc(-n5c6ccccc6c6ccccc65)cc4)c4ccccc4c(-c4ccc(-n5c6ccccc6c6ccccc65)cc4)c3c1)c1cccnc12. The summed E-state index contributed by atoms with van der Waals surface area (Å²) in [4.78, 5) is 9.82. The molecular weight excluding hydrogens is 1430 g/mol. The van der Waals surface area contributed by atoms with Crippen molar-refractivity contribution in [3.8, 4) is 100 Å². The van der Waals surface area contributed by atoms with Gasteiger partial charge in [-0.1, -0.05) is 340 Å². The van der Waals surface area contributed by atoms with Crippen LogP contribution in [0.15, 0.2) is 437 Å². The first-order valence-electron chi connectivity index (χ1n) is 40.6. The molecule has 0 unspecified atom stereocenters. The molecule has 0 saturated heterocycles. The maximum atomic E-state index is 4.94. The van der Waals surface area contributed by atoms with E-state index >= 15 is 0 Å². The average Bonchev–Trinajstić information content (AvgIpc) is 0.956. The maximum absolute atomic E-state index is 4.94. The van der Waals surface area contributed by atoms with Crippen molar-refractivity contribution in [2.75, 3.05) is 0 Å². The normalized spacial score (nSPS) is 11.7. The van der Waals surface area contributed by atoms with Gasteiger partial charge in [-0.15, -0.1) is 0 Å². The molecule has 4 heterocycles. The van der Waals surface area contributed by atoms with Gasteiger partial charge in [-0.25, -0.2) is 0 Å². The highest BCUT2D eigenvalue weighted by atomic mass is 15.0. The van der Waals surface area contributed by atoms with Gasteiger partial charge >= 0.3 is 0 Å². The minimum atomic E-state index is 1.02. The monoisotopic (exact) mass is 1500 g/mol. The van der Waals surface area contributed by atoms with Crippen LogP contribution in [-0.4, -0.2) is 19.1 Å². The lowest BCUT2D eigenvalue weighted by molar-refractivity contribution is 1.18. The molecule has 0 N–H and O–H groups in total. The third-order valence-electron chi connectivity index (χ3n) is 24.4. The minimum absolute atomic E-state index is 1.02. The Balaban J connectivity index is 0.000000143. The molecule has 0 bridgehead atoms. The van der Waals surface area contributed by atoms with E-state index in [1.54, 1.807) is 0 Å². The van der Waals surface area contributed by atoms with Crippen LogP contribution in [0.4, 0.5) is 0 Å². The highest BCUT2D eigenvalue weighted by molar-refractivity contribution is 6.25. The maximum Gasteiger partial charge on any atom is 0.0786 e. The van der Waals surface area contributed by atoms with Crippen LogP contribution >= 0.6 is 0 Å². The van der Waals surface area contributed by atoms with Crippen LogP contribution in [0.25, 0.3) is 230 Å². The van der Waals surface area contributed by atoms with Crippen molar-refractivity contribution in [2.24, 2.45) is 0 Å². The summed E-state index contributed by atoms with van der Waals surface area (Å²) in [5, 5.41) is 21.9. The molecule has 0 fully saturated rings. The van der Waals surface area contributed by atoms with Crippen LogP contribution in [0.1, 0.15) is 0 Å². The molecule has 4 heteroatoms. The molecule has 0 spiro atoms. The van der Waals surface area contributed by atoms with E-state index in [0.29, 0.717) is 0 Å². The molecule has 0 aliphatic carbocycles. The number of para-hydroxylation sites is 4. The van der Waals surface area contributed by atoms with E-state index in [1.807, 2.05) is 18.5 Å². The van der Waals surface area contributed by atoms with Gasteiger partial charge in [-0.05, 0) is 228 Å². The summed E-state index contributed by atoms with van der Waals surface area (Å²) < 4.78 is 4.79. The lowest BCUT2D eigenvalue weighted by Gasteiger charge is -2.20. The molecule has 118 heavy (non-hydrogen) atoms. The Morgan fingerprint density at radius 1 is 0.153 bits per heavy atom. The van der Waals surface area contributed by atoms with E-state index in [-0.39, 0.29) is 0 Å². The number of fused-ring (bicyclic) bond motifs is 16. The second-order valence-electron chi connectivity index (χ2n) is 30.9. The smallest absolute Gasteiger partial charge is 0.0786 e. The van der Waals surface area contributed by atoms with Crippen LogP contribution in [0.2, 0.25) is 0 Å². The van der Waals surface area contributed by atoms with E-state index in [4.69, 9.17) is 9.97 Å². The fraction of sp³-hybridized carbons (Fsp3) is 0. The van der Waals surface area contributed by atoms with Crippen molar-refractivity contribution < 1.29 is 0 Å². The Morgan fingerprint density at radius 2 is 0.398 bits per heavy atom. The molecule has 24 aromatic rings. The van der Waals surface area contributed by atoms with E-state index < -0.39 is 0 Å². The summed E-state index contributed by atoms with van der Waals surface area (Å²) in [6, 6.07) is 155. The number of pyridine rings is 2. The first-order valence-corrected chi connectivity index (χ1v) is 40.6. The molecule has 0 radical (unpaired) electrons. The van der Waals surface area contributed by atoms with Crippen LogP contribution < -0.4 is 0 Å². The Bertz CT molecular complexity index is 8020. The Morgan fingerprint density at radius 3 is 0.746 bits per heavy atom. The highest BCUT2D eigenvalue weighted by Crippen LogP contribution is 2.50. The topological polar surface area (TPSA) is 35.6 Å². The lowest BCUT2D eigenvalue weighted by atomic mass is 9.84. The molecule has 20 aromatic carbocycles. The molecular formula is C114H72N4. The van der Waals surface area contributed by atoms with Gasteiger partial charge in [0.2, 0.25) is 0 Å². The van der Waals surface area contributed by atoms with Crippen molar-refractivity contribution in [3.63, 3.8) is 0 Å². The number of aromatic nitrogens is 4. The first-order chi connectivity index (χ1) is 58.6. The van der Waals surface area contributed by atoms with Gasteiger partial charge in [0, 0.05) is 66.9 Å². The second-order valence-corrected chi connectivity index (χ2v) is 30.9. The van der Waals surface area contributed by atoms with Gasteiger partial charge in [-0.3, -0.25) is 9.97 Å². The summed E-state index contributed by atoms with van der Waals surface area (Å²) in [7, 11) is 0. The molecule has 4 nitrogen and oxygen atoms in total. The Hall–Kier alpha value is -15.6. The van der Waals surface area contributed by atoms with Gasteiger partial charge in [0.1, 0.15) is 0 Å². The van der Waals surface area contributed by atoms with Gasteiger partial charge in [0.15, 0.2) is 0 Å². The quantitative estimate of drug-likeness (QED) is 0.101. The van der Waals surface area contributed by atoms with E-state index in [2.05, 4.69) is 428 Å². The van der Waals surface area contributed by atoms with Crippen LogP contribution in [0.5, 0.6) is 0 Å². The number of hydrogen-bond donors (Lipinski definition) is 0. The standard InChI is InChI=1S/C63H39N3.C51H33N/c1-2-15-46-42(14-1)38-55(54-22-13-37-64-63(46)54)43-31-36-53-56(39-43)62(41-29-34-45(35-30-41)66-59-25-11-7-18-49(59)50-19-8-12-26-60(50)66)52-21-4-3-20-51(52)61(53)40-27-32-44(33-28-40)65-57-23-9-5-16-47(57)48-17-6-10-24-58(48)65;1-3-12-34(13-4-1)36-21-25-38(26-22-36)49-43-18-9-10-19-44(43)50(39-27-23-37(24-28-39)35-14-5-2-6-15-35)48-33-41(29-30-45(48)49)47-32-40-16-7-8-17-42(40)51-46(47)20-11-31-52-51/h1-39H;1-33H. The zero-order valence-corrected chi connectivity index (χ0v) is 64.4. The fourth-order valence-corrected chi connectivity index (χ4v) is 19.1. The van der Waals surface area contributed by atoms with Crippen LogP contribution in [0, 0.1) is 0 Å². The zero-order chi connectivity index (χ0) is 77.7. The molecule has 0 aliphatic heterocycles.